The topological polar surface area (TPSA) is 69.9 Å². The Hall–Kier alpha value is -2.30. The summed E-state index contributed by atoms with van der Waals surface area (Å²) in [6.07, 6.45) is 1.66. The summed E-state index contributed by atoms with van der Waals surface area (Å²) in [4.78, 5) is 4.46. The summed E-state index contributed by atoms with van der Waals surface area (Å²) >= 11 is 0. The van der Waals surface area contributed by atoms with Gasteiger partial charge in [-0.05, 0) is 18.6 Å². The lowest BCUT2D eigenvalue weighted by atomic mass is 10.2. The summed E-state index contributed by atoms with van der Waals surface area (Å²) in [7, 11) is 1.78. The van der Waals surface area contributed by atoms with Gasteiger partial charge < -0.3 is 10.2 Å². The number of aryl methyl sites for hydroxylation is 2. The summed E-state index contributed by atoms with van der Waals surface area (Å²) in [5.74, 6) is 1.06. The fourth-order valence-corrected chi connectivity index (χ4v) is 1.81. The molecule has 86 valence electrons. The summed E-state index contributed by atoms with van der Waals surface area (Å²) in [5.41, 5.74) is 9.34. The third kappa shape index (κ3) is 1.39. The molecule has 0 bridgehead atoms. The third-order valence-corrected chi connectivity index (χ3v) is 2.84. The lowest BCUT2D eigenvalue weighted by Crippen LogP contribution is -1.98. The van der Waals surface area contributed by atoms with Crippen LogP contribution in [0.1, 0.15) is 5.56 Å². The minimum absolute atomic E-state index is 0.514. The molecule has 3 rings (SSSR count). The summed E-state index contributed by atoms with van der Waals surface area (Å²) in [6, 6.07) is 5.84. The molecule has 2 N–H and O–H groups in total. The zero-order chi connectivity index (χ0) is 12.0. The average Bonchev–Trinajstić information content (AvgIpc) is 2.85. The molecule has 0 saturated heterocycles. The van der Waals surface area contributed by atoms with Gasteiger partial charge in [-0.3, -0.25) is 4.68 Å². The fourth-order valence-electron chi connectivity index (χ4n) is 1.81. The van der Waals surface area contributed by atoms with E-state index in [1.54, 1.807) is 17.9 Å². The first-order valence-electron chi connectivity index (χ1n) is 5.31. The molecule has 0 aliphatic carbocycles. The first-order valence-corrected chi connectivity index (χ1v) is 5.31. The number of para-hydroxylation sites is 1. The first kappa shape index (κ1) is 9.89. The van der Waals surface area contributed by atoms with Gasteiger partial charge in [0.15, 0.2) is 5.58 Å². The molecule has 0 spiro atoms. The maximum atomic E-state index is 5.89. The van der Waals surface area contributed by atoms with Crippen LogP contribution < -0.4 is 5.73 Å². The molecule has 0 saturated carbocycles. The zero-order valence-corrected chi connectivity index (χ0v) is 9.64. The highest BCUT2D eigenvalue weighted by atomic mass is 16.3. The molecule has 0 amide bonds. The Kier molecular flexibility index (Phi) is 1.95. The molecule has 0 fully saturated rings. The molecule has 1 aromatic carbocycles. The molecule has 0 atom stereocenters. The number of oxazole rings is 1. The van der Waals surface area contributed by atoms with Gasteiger partial charge in [-0.25, -0.2) is 4.98 Å². The number of nitrogens with zero attached hydrogens (tertiary/aromatic N) is 3. The van der Waals surface area contributed by atoms with E-state index < -0.39 is 0 Å². The van der Waals surface area contributed by atoms with E-state index in [0.717, 1.165) is 22.2 Å². The highest BCUT2D eigenvalue weighted by molar-refractivity contribution is 5.80. The monoisotopic (exact) mass is 228 g/mol. The number of hydrogen-bond donors (Lipinski definition) is 1. The molecule has 17 heavy (non-hydrogen) atoms. The lowest BCUT2D eigenvalue weighted by molar-refractivity contribution is 0.620. The van der Waals surface area contributed by atoms with Crippen molar-refractivity contribution in [3.05, 3.63) is 30.0 Å². The number of benzene rings is 1. The predicted molar refractivity (Wildman–Crippen MR) is 65.4 cm³/mol. The number of fused-ring (bicyclic) bond motifs is 1. The van der Waals surface area contributed by atoms with Crippen LogP contribution >= 0.6 is 0 Å². The van der Waals surface area contributed by atoms with E-state index in [-0.39, 0.29) is 0 Å². The molecular formula is C12H12N4O. The van der Waals surface area contributed by atoms with Gasteiger partial charge in [0.05, 0.1) is 11.8 Å². The van der Waals surface area contributed by atoms with Gasteiger partial charge in [-0.2, -0.15) is 5.10 Å². The Morgan fingerprint density at radius 3 is 2.82 bits per heavy atom. The Bertz CT molecular complexity index is 696. The van der Waals surface area contributed by atoms with Crippen molar-refractivity contribution in [2.24, 2.45) is 7.05 Å². The minimum atomic E-state index is 0.514. The molecule has 0 aliphatic heterocycles. The van der Waals surface area contributed by atoms with Crippen molar-refractivity contribution in [1.82, 2.24) is 14.8 Å². The van der Waals surface area contributed by atoms with E-state index in [0.29, 0.717) is 11.7 Å². The Balaban J connectivity index is 2.25. The number of hydrogen-bond acceptors (Lipinski definition) is 4. The van der Waals surface area contributed by atoms with Crippen LogP contribution in [0.2, 0.25) is 0 Å². The normalized spacial score (nSPS) is 11.2. The molecule has 2 aromatic heterocycles. The molecule has 0 radical (unpaired) electrons. The standard InChI is InChI=1S/C12H12N4O/c1-7-4-3-5-9-10(7)15-12(17-9)8-6-14-16(2)11(8)13/h3-6H,13H2,1-2H3. The molecule has 3 aromatic rings. The van der Waals surface area contributed by atoms with E-state index in [1.807, 2.05) is 25.1 Å². The summed E-state index contributed by atoms with van der Waals surface area (Å²) in [5, 5.41) is 4.08. The van der Waals surface area contributed by atoms with Gasteiger partial charge in [0.1, 0.15) is 11.3 Å². The molecule has 0 aliphatic rings. The van der Waals surface area contributed by atoms with Crippen molar-refractivity contribution >= 4 is 16.9 Å². The molecule has 0 unspecified atom stereocenters. The second kappa shape index (κ2) is 3.35. The first-order chi connectivity index (χ1) is 8.16. The van der Waals surface area contributed by atoms with Crippen molar-refractivity contribution in [3.63, 3.8) is 0 Å². The number of anilines is 1. The highest BCUT2D eigenvalue weighted by Crippen LogP contribution is 2.28. The Morgan fingerprint density at radius 1 is 1.35 bits per heavy atom. The number of nitrogen functional groups attached to an aromatic ring is 1. The van der Waals surface area contributed by atoms with E-state index in [2.05, 4.69) is 10.1 Å². The maximum absolute atomic E-state index is 5.89. The van der Waals surface area contributed by atoms with Gasteiger partial charge in [0.2, 0.25) is 5.89 Å². The van der Waals surface area contributed by atoms with Crippen LogP contribution in [0.5, 0.6) is 0 Å². The largest absolute Gasteiger partial charge is 0.436 e. The molecule has 5 nitrogen and oxygen atoms in total. The second-order valence-electron chi connectivity index (χ2n) is 4.01. The van der Waals surface area contributed by atoms with Gasteiger partial charge in [0.25, 0.3) is 0 Å². The van der Waals surface area contributed by atoms with E-state index >= 15 is 0 Å². The van der Waals surface area contributed by atoms with Crippen LogP contribution in [-0.4, -0.2) is 14.8 Å². The van der Waals surface area contributed by atoms with Crippen LogP contribution in [0.3, 0.4) is 0 Å². The fraction of sp³-hybridized carbons (Fsp3) is 0.167. The van der Waals surface area contributed by atoms with E-state index in [9.17, 15) is 0 Å². The van der Waals surface area contributed by atoms with Gasteiger partial charge in [0, 0.05) is 7.05 Å². The predicted octanol–water partition coefficient (Wildman–Crippen LogP) is 2.12. The van der Waals surface area contributed by atoms with Crippen LogP contribution in [0.15, 0.2) is 28.8 Å². The van der Waals surface area contributed by atoms with Gasteiger partial charge in [-0.15, -0.1) is 0 Å². The lowest BCUT2D eigenvalue weighted by Gasteiger charge is -1.94. The minimum Gasteiger partial charge on any atom is -0.436 e. The Morgan fingerprint density at radius 2 is 2.18 bits per heavy atom. The van der Waals surface area contributed by atoms with Crippen LogP contribution in [0, 0.1) is 6.92 Å². The van der Waals surface area contributed by atoms with E-state index in [1.165, 1.54) is 0 Å². The highest BCUT2D eigenvalue weighted by Gasteiger charge is 2.14. The number of nitrogens with two attached hydrogens (primary N) is 1. The van der Waals surface area contributed by atoms with Crippen molar-refractivity contribution in [2.45, 2.75) is 6.92 Å². The molecule has 2 heterocycles. The molecule has 5 heteroatoms. The zero-order valence-electron chi connectivity index (χ0n) is 9.64. The second-order valence-corrected chi connectivity index (χ2v) is 4.01. The molecular weight excluding hydrogens is 216 g/mol. The number of aromatic nitrogens is 3. The summed E-state index contributed by atoms with van der Waals surface area (Å²) < 4.78 is 7.28. The average molecular weight is 228 g/mol. The van der Waals surface area contributed by atoms with E-state index in [4.69, 9.17) is 10.2 Å². The Labute approximate surface area is 97.9 Å². The smallest absolute Gasteiger partial charge is 0.232 e. The van der Waals surface area contributed by atoms with Crippen molar-refractivity contribution in [1.29, 1.82) is 0 Å². The number of rotatable bonds is 1. The van der Waals surface area contributed by atoms with Crippen LogP contribution in [0.25, 0.3) is 22.6 Å². The SMILES string of the molecule is Cc1cccc2oc(-c3cnn(C)c3N)nc12. The van der Waals surface area contributed by atoms with Gasteiger partial charge in [-0.1, -0.05) is 12.1 Å². The van der Waals surface area contributed by atoms with Crippen molar-refractivity contribution in [3.8, 4) is 11.5 Å². The van der Waals surface area contributed by atoms with Crippen molar-refractivity contribution in [2.75, 3.05) is 5.73 Å². The van der Waals surface area contributed by atoms with Crippen molar-refractivity contribution < 1.29 is 4.42 Å². The third-order valence-electron chi connectivity index (χ3n) is 2.84. The quantitative estimate of drug-likeness (QED) is 0.692. The van der Waals surface area contributed by atoms with Crippen LogP contribution in [0.4, 0.5) is 5.82 Å². The maximum Gasteiger partial charge on any atom is 0.232 e. The van der Waals surface area contributed by atoms with Gasteiger partial charge >= 0.3 is 0 Å². The van der Waals surface area contributed by atoms with Crippen LogP contribution in [-0.2, 0) is 7.05 Å². The summed E-state index contributed by atoms with van der Waals surface area (Å²) in [6.45, 7) is 2.00.